The van der Waals surface area contributed by atoms with Gasteiger partial charge in [-0.3, -0.25) is 0 Å². The molecule has 3 heteroatoms. The summed E-state index contributed by atoms with van der Waals surface area (Å²) in [7, 11) is 1.75. The fraction of sp³-hybridized carbons (Fsp3) is 0.500. The Labute approximate surface area is 150 Å². The van der Waals surface area contributed by atoms with E-state index in [4.69, 9.17) is 10.5 Å². The highest BCUT2D eigenvalue weighted by atomic mass is 16.5. The lowest BCUT2D eigenvalue weighted by Crippen LogP contribution is -2.42. The number of methoxy groups -OCH3 is 1. The van der Waals surface area contributed by atoms with Crippen molar-refractivity contribution in [2.24, 2.45) is 11.3 Å². The highest BCUT2D eigenvalue weighted by molar-refractivity contribution is 5.39. The molecule has 1 atom stereocenters. The Bertz CT molecular complexity index is 762. The van der Waals surface area contributed by atoms with Crippen molar-refractivity contribution in [2.45, 2.75) is 51.4 Å². The normalized spacial score (nSPS) is 28.1. The summed E-state index contributed by atoms with van der Waals surface area (Å²) in [5.41, 5.74) is 10.4. The maximum absolute atomic E-state index is 5.93. The van der Waals surface area contributed by atoms with Gasteiger partial charge in [-0.2, -0.15) is 0 Å². The highest BCUT2D eigenvalue weighted by Crippen LogP contribution is 2.59. The predicted molar refractivity (Wildman–Crippen MR) is 102 cm³/mol. The van der Waals surface area contributed by atoms with Crippen LogP contribution >= 0.6 is 0 Å². The monoisotopic (exact) mass is 336 g/mol. The number of rotatable bonds is 4. The molecular weight excluding hydrogens is 308 g/mol. The van der Waals surface area contributed by atoms with Gasteiger partial charge in [0.2, 0.25) is 0 Å². The molecule has 0 radical (unpaired) electrons. The smallest absolute Gasteiger partial charge is 0.123 e. The fourth-order valence-electron chi connectivity index (χ4n) is 5.34. The summed E-state index contributed by atoms with van der Waals surface area (Å²) in [6.07, 6.45) is 9.71. The molecule has 1 aromatic carbocycles. The van der Waals surface area contributed by atoms with Gasteiger partial charge < -0.3 is 10.5 Å². The van der Waals surface area contributed by atoms with Crippen LogP contribution in [0.5, 0.6) is 5.75 Å². The first kappa shape index (κ1) is 16.4. The van der Waals surface area contributed by atoms with Crippen molar-refractivity contribution in [1.29, 1.82) is 0 Å². The van der Waals surface area contributed by atoms with Gasteiger partial charge >= 0.3 is 0 Å². The molecule has 132 valence electrons. The number of aryl methyl sites for hydroxylation is 1. The third-order valence-electron chi connectivity index (χ3n) is 6.63. The minimum atomic E-state index is 0.365. The zero-order chi connectivity index (χ0) is 17.4. The third kappa shape index (κ3) is 3.01. The van der Waals surface area contributed by atoms with E-state index >= 15 is 0 Å². The summed E-state index contributed by atoms with van der Waals surface area (Å²) >= 11 is 0. The molecule has 2 N–H and O–H groups in total. The maximum atomic E-state index is 5.93. The molecule has 0 aliphatic heterocycles. The van der Waals surface area contributed by atoms with Crippen LogP contribution in [0.25, 0.3) is 0 Å². The lowest BCUT2D eigenvalue weighted by atomic mass is 9.52. The summed E-state index contributed by atoms with van der Waals surface area (Å²) in [4.78, 5) is 4.16. The minimum Gasteiger partial charge on any atom is -0.496 e. The molecule has 3 fully saturated rings. The SMILES string of the molecule is COc1ccc(C2CC3CCC2(Cc2ccnc(N)c2)CC3)cc1C. The van der Waals surface area contributed by atoms with Crippen molar-refractivity contribution in [1.82, 2.24) is 4.98 Å². The number of hydrogen-bond donors (Lipinski definition) is 1. The van der Waals surface area contributed by atoms with E-state index in [1.165, 1.54) is 48.8 Å². The number of benzene rings is 1. The second kappa shape index (κ2) is 6.36. The molecule has 3 aliphatic carbocycles. The first-order chi connectivity index (χ1) is 12.1. The van der Waals surface area contributed by atoms with Gasteiger partial charge in [-0.15, -0.1) is 0 Å². The number of anilines is 1. The van der Waals surface area contributed by atoms with E-state index < -0.39 is 0 Å². The van der Waals surface area contributed by atoms with Gasteiger partial charge in [-0.25, -0.2) is 4.98 Å². The summed E-state index contributed by atoms with van der Waals surface area (Å²) < 4.78 is 5.46. The standard InChI is InChI=1S/C22H28N2O/c1-15-11-18(3-4-20(15)25-2)19-12-16-5-8-22(19,9-6-16)14-17-7-10-24-21(23)13-17/h3-4,7,10-11,13,16,19H,5-6,8-9,12,14H2,1-2H3,(H2,23,24). The number of nitrogens with zero attached hydrogens (tertiary/aromatic N) is 1. The van der Waals surface area contributed by atoms with Crippen LogP contribution in [0.3, 0.4) is 0 Å². The molecule has 2 aromatic rings. The summed E-state index contributed by atoms with van der Waals surface area (Å²) in [6.45, 7) is 2.15. The number of pyridine rings is 1. The molecule has 5 rings (SSSR count). The van der Waals surface area contributed by atoms with Crippen molar-refractivity contribution < 1.29 is 4.74 Å². The van der Waals surface area contributed by atoms with Crippen LogP contribution < -0.4 is 10.5 Å². The second-order valence-electron chi connectivity index (χ2n) is 8.09. The molecule has 0 saturated heterocycles. The second-order valence-corrected chi connectivity index (χ2v) is 8.09. The number of nitrogen functional groups attached to an aromatic ring is 1. The van der Waals surface area contributed by atoms with E-state index in [0.717, 1.165) is 18.1 Å². The average molecular weight is 336 g/mol. The molecule has 2 bridgehead atoms. The summed E-state index contributed by atoms with van der Waals surface area (Å²) in [6, 6.07) is 11.0. The Hall–Kier alpha value is -2.03. The van der Waals surface area contributed by atoms with Gasteiger partial charge in [-0.05, 0) is 97.6 Å². The van der Waals surface area contributed by atoms with Crippen molar-refractivity contribution in [3.05, 3.63) is 53.2 Å². The Kier molecular flexibility index (Phi) is 4.18. The molecule has 1 heterocycles. The van der Waals surface area contributed by atoms with Crippen LogP contribution in [0.1, 0.15) is 54.7 Å². The Morgan fingerprint density at radius 1 is 1.20 bits per heavy atom. The van der Waals surface area contributed by atoms with E-state index in [2.05, 4.69) is 42.2 Å². The van der Waals surface area contributed by atoms with Gasteiger partial charge in [-0.1, -0.05) is 12.1 Å². The van der Waals surface area contributed by atoms with Crippen LogP contribution in [-0.4, -0.2) is 12.1 Å². The highest BCUT2D eigenvalue weighted by Gasteiger charge is 2.48. The largest absolute Gasteiger partial charge is 0.496 e. The van der Waals surface area contributed by atoms with E-state index in [0.29, 0.717) is 17.2 Å². The quantitative estimate of drug-likeness (QED) is 0.865. The Balaban J connectivity index is 1.69. The Morgan fingerprint density at radius 2 is 2.00 bits per heavy atom. The Morgan fingerprint density at radius 3 is 2.68 bits per heavy atom. The van der Waals surface area contributed by atoms with Gasteiger partial charge in [0.25, 0.3) is 0 Å². The van der Waals surface area contributed by atoms with Gasteiger partial charge in [0.1, 0.15) is 11.6 Å². The first-order valence-corrected chi connectivity index (χ1v) is 9.44. The molecule has 25 heavy (non-hydrogen) atoms. The maximum Gasteiger partial charge on any atom is 0.123 e. The predicted octanol–water partition coefficient (Wildman–Crippen LogP) is 4.89. The van der Waals surface area contributed by atoms with E-state index in [1.807, 2.05) is 6.20 Å². The fourth-order valence-corrected chi connectivity index (χ4v) is 5.34. The third-order valence-corrected chi connectivity index (χ3v) is 6.63. The van der Waals surface area contributed by atoms with Crippen LogP contribution in [-0.2, 0) is 6.42 Å². The molecule has 0 spiro atoms. The number of aromatic nitrogens is 1. The number of fused-ring (bicyclic) bond motifs is 3. The van der Waals surface area contributed by atoms with Crippen LogP contribution in [0.4, 0.5) is 5.82 Å². The van der Waals surface area contributed by atoms with E-state index in [-0.39, 0.29) is 0 Å². The molecule has 0 amide bonds. The van der Waals surface area contributed by atoms with Gasteiger partial charge in [0.05, 0.1) is 7.11 Å². The zero-order valence-electron chi connectivity index (χ0n) is 15.3. The van der Waals surface area contributed by atoms with E-state index in [9.17, 15) is 0 Å². The number of ether oxygens (including phenoxy) is 1. The number of hydrogen-bond acceptors (Lipinski definition) is 3. The van der Waals surface area contributed by atoms with Crippen LogP contribution in [0, 0.1) is 18.3 Å². The van der Waals surface area contributed by atoms with Gasteiger partial charge in [0.15, 0.2) is 0 Å². The summed E-state index contributed by atoms with van der Waals surface area (Å²) in [5, 5.41) is 0. The molecule has 1 unspecified atom stereocenters. The molecular formula is C22H28N2O. The summed E-state index contributed by atoms with van der Waals surface area (Å²) in [5.74, 6) is 3.16. The molecule has 1 aromatic heterocycles. The molecule has 3 aliphatic rings. The van der Waals surface area contributed by atoms with Crippen LogP contribution in [0.2, 0.25) is 0 Å². The lowest BCUT2D eigenvalue weighted by molar-refractivity contribution is 0.0362. The van der Waals surface area contributed by atoms with Crippen molar-refractivity contribution >= 4 is 5.82 Å². The molecule has 3 nitrogen and oxygen atoms in total. The zero-order valence-corrected chi connectivity index (χ0v) is 15.3. The first-order valence-electron chi connectivity index (χ1n) is 9.44. The average Bonchev–Trinajstić information content (AvgIpc) is 2.62. The van der Waals surface area contributed by atoms with Crippen LogP contribution in [0.15, 0.2) is 36.5 Å². The van der Waals surface area contributed by atoms with Gasteiger partial charge in [0, 0.05) is 6.20 Å². The minimum absolute atomic E-state index is 0.365. The number of nitrogens with two attached hydrogens (primary N) is 1. The molecule has 3 saturated carbocycles. The lowest BCUT2D eigenvalue weighted by Gasteiger charge is -2.53. The topological polar surface area (TPSA) is 48.1 Å². The van der Waals surface area contributed by atoms with Crippen molar-refractivity contribution in [2.75, 3.05) is 12.8 Å². The van der Waals surface area contributed by atoms with E-state index in [1.54, 1.807) is 7.11 Å². The van der Waals surface area contributed by atoms with Crippen molar-refractivity contribution in [3.8, 4) is 5.75 Å². The van der Waals surface area contributed by atoms with Crippen molar-refractivity contribution in [3.63, 3.8) is 0 Å².